The van der Waals surface area contributed by atoms with Gasteiger partial charge >= 0.3 is 0 Å². The molecule has 1 heterocycles. The smallest absolute Gasteiger partial charge is 0.268 e. The second-order valence-corrected chi connectivity index (χ2v) is 7.51. The molecule has 1 atom stereocenters. The van der Waals surface area contributed by atoms with Crippen molar-refractivity contribution in [3.8, 4) is 5.75 Å². The van der Waals surface area contributed by atoms with Crippen molar-refractivity contribution in [3.63, 3.8) is 0 Å². The Hall–Kier alpha value is -2.67. The third-order valence-electron chi connectivity index (χ3n) is 4.38. The summed E-state index contributed by atoms with van der Waals surface area (Å²) in [6.07, 6.45) is 0.456. The first kappa shape index (κ1) is 20.1. The number of anilines is 2. The fourth-order valence-electron chi connectivity index (χ4n) is 3.03. The van der Waals surface area contributed by atoms with Gasteiger partial charge in [0.05, 0.1) is 5.69 Å². The highest BCUT2D eigenvalue weighted by atomic mass is 79.9. The number of nitrogens with one attached hydrogen (secondary N) is 1. The Morgan fingerprint density at radius 2 is 2.00 bits per heavy atom. The van der Waals surface area contributed by atoms with Gasteiger partial charge in [-0.1, -0.05) is 28.9 Å². The molecule has 0 saturated carbocycles. The third-order valence-corrected chi connectivity index (χ3v) is 4.87. The molecule has 0 saturated heterocycles. The Labute approximate surface area is 172 Å². The number of benzene rings is 2. The van der Waals surface area contributed by atoms with Gasteiger partial charge in [-0.2, -0.15) is 0 Å². The zero-order chi connectivity index (χ0) is 20.3. The lowest BCUT2D eigenvalue weighted by molar-refractivity contribution is -0.127. The van der Waals surface area contributed by atoms with Gasteiger partial charge in [-0.25, -0.2) is 0 Å². The SMILES string of the molecule is CCCC(=O)c1ccc2c(c1)N(CC(=O)Nc1cccc(Br)c1)C(=O)C(C)O2. The molecule has 0 spiro atoms. The number of amides is 2. The Bertz CT molecular complexity index is 928. The normalized spacial score (nSPS) is 15.6. The molecule has 0 fully saturated rings. The van der Waals surface area contributed by atoms with Crippen molar-refractivity contribution in [2.45, 2.75) is 32.8 Å². The van der Waals surface area contributed by atoms with E-state index in [4.69, 9.17) is 4.74 Å². The van der Waals surface area contributed by atoms with Crippen LogP contribution in [0.15, 0.2) is 46.9 Å². The van der Waals surface area contributed by atoms with Crippen molar-refractivity contribution in [2.75, 3.05) is 16.8 Å². The number of Topliss-reactive ketones (excluding diaryl/α,β-unsaturated/α-hetero) is 1. The van der Waals surface area contributed by atoms with Crippen molar-refractivity contribution >= 4 is 44.9 Å². The van der Waals surface area contributed by atoms with Crippen LogP contribution in [0.5, 0.6) is 5.75 Å². The van der Waals surface area contributed by atoms with Crippen LogP contribution >= 0.6 is 15.9 Å². The molecular formula is C21H21BrN2O4. The van der Waals surface area contributed by atoms with Crippen LogP contribution in [-0.2, 0) is 9.59 Å². The van der Waals surface area contributed by atoms with Gasteiger partial charge < -0.3 is 10.1 Å². The van der Waals surface area contributed by atoms with Crippen LogP contribution in [0.3, 0.4) is 0 Å². The first-order chi connectivity index (χ1) is 13.4. The topological polar surface area (TPSA) is 75.7 Å². The summed E-state index contributed by atoms with van der Waals surface area (Å²) in [4.78, 5) is 38.8. The maximum absolute atomic E-state index is 12.7. The molecule has 0 bridgehead atoms. The van der Waals surface area contributed by atoms with E-state index < -0.39 is 6.10 Å². The largest absolute Gasteiger partial charge is 0.479 e. The van der Waals surface area contributed by atoms with Gasteiger partial charge in [-0.15, -0.1) is 0 Å². The second-order valence-electron chi connectivity index (χ2n) is 6.60. The molecular weight excluding hydrogens is 424 g/mol. The molecule has 2 aromatic rings. The quantitative estimate of drug-likeness (QED) is 0.677. The predicted molar refractivity (Wildman–Crippen MR) is 111 cm³/mol. The molecule has 1 N–H and O–H groups in total. The van der Waals surface area contributed by atoms with Crippen LogP contribution in [0.25, 0.3) is 0 Å². The number of carbonyl (C=O) groups excluding carboxylic acids is 3. The molecule has 0 radical (unpaired) electrons. The summed E-state index contributed by atoms with van der Waals surface area (Å²) in [6.45, 7) is 3.40. The van der Waals surface area contributed by atoms with E-state index in [0.717, 1.165) is 10.9 Å². The molecule has 146 valence electrons. The summed E-state index contributed by atoms with van der Waals surface area (Å²) < 4.78 is 6.48. The monoisotopic (exact) mass is 444 g/mol. The Kier molecular flexibility index (Phi) is 6.14. The number of ether oxygens (including phenoxy) is 1. The maximum atomic E-state index is 12.7. The molecule has 28 heavy (non-hydrogen) atoms. The lowest BCUT2D eigenvalue weighted by Gasteiger charge is -2.32. The van der Waals surface area contributed by atoms with Crippen molar-refractivity contribution in [1.82, 2.24) is 0 Å². The summed E-state index contributed by atoms with van der Waals surface area (Å²) in [5.41, 5.74) is 1.57. The molecule has 0 aliphatic carbocycles. The van der Waals surface area contributed by atoms with E-state index in [0.29, 0.717) is 29.1 Å². The van der Waals surface area contributed by atoms with Crippen LogP contribution in [0.2, 0.25) is 0 Å². The number of hydrogen-bond acceptors (Lipinski definition) is 4. The number of fused-ring (bicyclic) bond motifs is 1. The van der Waals surface area contributed by atoms with Crippen molar-refractivity contribution < 1.29 is 19.1 Å². The number of nitrogens with zero attached hydrogens (tertiary/aromatic N) is 1. The van der Waals surface area contributed by atoms with Gasteiger partial charge in [0.2, 0.25) is 5.91 Å². The van der Waals surface area contributed by atoms with E-state index in [1.807, 2.05) is 19.1 Å². The molecule has 6 nitrogen and oxygen atoms in total. The van der Waals surface area contributed by atoms with Crippen molar-refractivity contribution in [1.29, 1.82) is 0 Å². The Balaban J connectivity index is 1.85. The highest BCUT2D eigenvalue weighted by molar-refractivity contribution is 9.10. The first-order valence-corrected chi connectivity index (χ1v) is 9.89. The van der Waals surface area contributed by atoms with Gasteiger partial charge in [-0.05, 0) is 49.7 Å². The summed E-state index contributed by atoms with van der Waals surface area (Å²) in [6, 6.07) is 12.2. The molecule has 3 rings (SSSR count). The predicted octanol–water partition coefficient (Wildman–Crippen LogP) is 4.18. The molecule has 0 aromatic heterocycles. The first-order valence-electron chi connectivity index (χ1n) is 9.09. The number of hydrogen-bond donors (Lipinski definition) is 1. The summed E-state index contributed by atoms with van der Waals surface area (Å²) in [7, 11) is 0. The standard InChI is InChI=1S/C21H21BrN2O4/c1-3-5-18(25)14-8-9-19-17(10-14)24(21(27)13(2)28-19)12-20(26)23-16-7-4-6-15(22)11-16/h4,6-11,13H,3,5,12H2,1-2H3,(H,23,26). The van der Waals surface area contributed by atoms with Gasteiger partial charge in [0, 0.05) is 22.1 Å². The number of rotatable bonds is 6. The fraction of sp³-hybridized carbons (Fsp3) is 0.286. The second kappa shape index (κ2) is 8.56. The van der Waals surface area contributed by atoms with E-state index in [-0.39, 0.29) is 24.1 Å². The molecule has 2 aromatic carbocycles. The average molecular weight is 445 g/mol. The number of ketones is 1. The van der Waals surface area contributed by atoms with E-state index >= 15 is 0 Å². The van der Waals surface area contributed by atoms with E-state index in [2.05, 4.69) is 21.2 Å². The van der Waals surface area contributed by atoms with Crippen LogP contribution in [0, 0.1) is 0 Å². The zero-order valence-corrected chi connectivity index (χ0v) is 17.3. The van der Waals surface area contributed by atoms with Crippen LogP contribution in [0.4, 0.5) is 11.4 Å². The van der Waals surface area contributed by atoms with Crippen molar-refractivity contribution in [2.24, 2.45) is 0 Å². The van der Waals surface area contributed by atoms with E-state index in [1.165, 1.54) is 4.90 Å². The third kappa shape index (κ3) is 4.42. The minimum atomic E-state index is -0.705. The minimum Gasteiger partial charge on any atom is -0.479 e. The maximum Gasteiger partial charge on any atom is 0.268 e. The molecule has 1 unspecified atom stereocenters. The van der Waals surface area contributed by atoms with Crippen LogP contribution in [0.1, 0.15) is 37.0 Å². The Morgan fingerprint density at radius 3 is 2.71 bits per heavy atom. The molecule has 1 aliphatic heterocycles. The van der Waals surface area contributed by atoms with Gasteiger partial charge in [-0.3, -0.25) is 19.3 Å². The Morgan fingerprint density at radius 1 is 1.21 bits per heavy atom. The molecule has 1 aliphatic rings. The summed E-state index contributed by atoms with van der Waals surface area (Å²) >= 11 is 3.36. The highest BCUT2D eigenvalue weighted by Crippen LogP contribution is 2.35. The van der Waals surface area contributed by atoms with Gasteiger partial charge in [0.1, 0.15) is 12.3 Å². The van der Waals surface area contributed by atoms with Crippen molar-refractivity contribution in [3.05, 3.63) is 52.5 Å². The summed E-state index contributed by atoms with van der Waals surface area (Å²) in [5.74, 6) is -0.181. The fourth-order valence-corrected chi connectivity index (χ4v) is 3.42. The number of halogens is 1. The average Bonchev–Trinajstić information content (AvgIpc) is 2.65. The van der Waals surface area contributed by atoms with Crippen LogP contribution < -0.4 is 15.0 Å². The number of carbonyl (C=O) groups is 3. The lowest BCUT2D eigenvalue weighted by atomic mass is 10.0. The van der Waals surface area contributed by atoms with Gasteiger partial charge in [0.15, 0.2) is 11.9 Å². The lowest BCUT2D eigenvalue weighted by Crippen LogP contribution is -2.47. The van der Waals surface area contributed by atoms with E-state index in [1.54, 1.807) is 37.3 Å². The van der Waals surface area contributed by atoms with E-state index in [9.17, 15) is 14.4 Å². The van der Waals surface area contributed by atoms with Crippen LogP contribution in [-0.4, -0.2) is 30.2 Å². The minimum absolute atomic E-state index is 0.00471. The summed E-state index contributed by atoms with van der Waals surface area (Å²) in [5, 5.41) is 2.78. The van der Waals surface area contributed by atoms with Gasteiger partial charge in [0.25, 0.3) is 5.91 Å². The highest BCUT2D eigenvalue weighted by Gasteiger charge is 2.33. The molecule has 2 amide bonds. The zero-order valence-electron chi connectivity index (χ0n) is 15.7. The molecule has 7 heteroatoms.